The number of halogens is 1. The van der Waals surface area contributed by atoms with Crippen LogP contribution in [-0.4, -0.2) is 98.9 Å². The van der Waals surface area contributed by atoms with Crippen LogP contribution in [0.15, 0.2) is 65.8 Å². The first kappa shape index (κ1) is 34.5. The summed E-state index contributed by atoms with van der Waals surface area (Å²) >= 11 is 5.79. The van der Waals surface area contributed by atoms with Crippen LogP contribution in [0.25, 0.3) is 10.4 Å². The molecule has 16 heteroatoms. The minimum Gasteiger partial charge on any atom is -0.467 e. The number of benzene rings is 2. The van der Waals surface area contributed by atoms with Crippen molar-refractivity contribution in [2.45, 2.75) is 81.5 Å². The van der Waals surface area contributed by atoms with Gasteiger partial charge < -0.3 is 42.6 Å². The number of methoxy groups -OCH3 is 1. The molecule has 0 amide bonds. The monoisotopic (exact) mass is 675 g/mol. The van der Waals surface area contributed by atoms with Crippen LogP contribution in [-0.2, 0) is 70.2 Å². The number of alkyl halides is 1. The van der Waals surface area contributed by atoms with E-state index in [-0.39, 0.29) is 19.8 Å². The van der Waals surface area contributed by atoms with E-state index in [1.54, 1.807) is 0 Å². The van der Waals surface area contributed by atoms with Crippen LogP contribution < -0.4 is 0 Å². The number of nitrogens with zero attached hydrogens (tertiary/aromatic N) is 3. The third kappa shape index (κ3) is 8.39. The Hall–Kier alpha value is -3.79. The first-order valence-electron chi connectivity index (χ1n) is 14.8. The number of azide groups is 1. The van der Waals surface area contributed by atoms with E-state index in [2.05, 4.69) is 10.0 Å². The van der Waals surface area contributed by atoms with E-state index >= 15 is 0 Å². The number of carbonyl (C=O) groups excluding carboxylic acids is 3. The lowest BCUT2D eigenvalue weighted by Gasteiger charge is -2.47. The zero-order chi connectivity index (χ0) is 33.3. The average Bonchev–Trinajstić information content (AvgIpc) is 3.53. The third-order valence-electron chi connectivity index (χ3n) is 7.69. The maximum absolute atomic E-state index is 13.2. The molecule has 3 heterocycles. The van der Waals surface area contributed by atoms with Crippen LogP contribution >= 0.6 is 11.6 Å². The van der Waals surface area contributed by atoms with Gasteiger partial charge in [-0.05, 0) is 16.7 Å². The highest BCUT2D eigenvalue weighted by Crippen LogP contribution is 2.38. The van der Waals surface area contributed by atoms with Crippen LogP contribution in [0.5, 0.6) is 0 Å². The molecular formula is C31H34ClN3O12. The molecule has 3 aliphatic heterocycles. The molecule has 252 valence electrons. The smallest absolute Gasteiger partial charge is 0.339 e. The van der Waals surface area contributed by atoms with E-state index in [1.807, 2.05) is 60.7 Å². The summed E-state index contributed by atoms with van der Waals surface area (Å²) in [7, 11) is 1.14. The fourth-order valence-corrected chi connectivity index (χ4v) is 5.68. The third-order valence-corrected chi connectivity index (χ3v) is 7.91. The van der Waals surface area contributed by atoms with Gasteiger partial charge in [0.15, 0.2) is 24.8 Å². The normalized spacial score (nSPS) is 31.3. The van der Waals surface area contributed by atoms with Gasteiger partial charge in [0.1, 0.15) is 42.4 Å². The molecule has 2 aromatic carbocycles. The number of rotatable bonds is 13. The van der Waals surface area contributed by atoms with Crippen molar-refractivity contribution in [2.75, 3.05) is 19.6 Å². The Morgan fingerprint density at radius 2 is 1.53 bits per heavy atom. The number of fused-ring (bicyclic) bond motifs is 2. The zero-order valence-corrected chi connectivity index (χ0v) is 26.2. The van der Waals surface area contributed by atoms with Crippen molar-refractivity contribution in [1.29, 1.82) is 0 Å². The molecule has 0 aliphatic carbocycles. The summed E-state index contributed by atoms with van der Waals surface area (Å²) < 4.78 is 53.2. The number of esters is 3. The van der Waals surface area contributed by atoms with Gasteiger partial charge in [0.2, 0.25) is 0 Å². The van der Waals surface area contributed by atoms with Gasteiger partial charge in [0.25, 0.3) is 0 Å². The number of carbonyl (C=O) groups is 3. The van der Waals surface area contributed by atoms with Crippen molar-refractivity contribution in [1.82, 2.24) is 0 Å². The summed E-state index contributed by atoms with van der Waals surface area (Å²) in [5.41, 5.74) is 10.8. The predicted octanol–water partition coefficient (Wildman–Crippen LogP) is 2.96. The molecule has 0 N–H and O–H groups in total. The van der Waals surface area contributed by atoms with E-state index in [0.717, 1.165) is 18.2 Å². The highest BCUT2D eigenvalue weighted by atomic mass is 35.5. The van der Waals surface area contributed by atoms with E-state index < -0.39 is 85.1 Å². The fourth-order valence-electron chi connectivity index (χ4n) is 5.62. The molecular weight excluding hydrogens is 642 g/mol. The highest BCUT2D eigenvalue weighted by molar-refractivity contribution is 6.26. The minimum atomic E-state index is -1.56. The maximum atomic E-state index is 13.2. The van der Waals surface area contributed by atoms with Gasteiger partial charge >= 0.3 is 17.9 Å². The summed E-state index contributed by atoms with van der Waals surface area (Å²) in [6.45, 7) is 1.26. The molecule has 3 aliphatic rings. The quantitative estimate of drug-likeness (QED) is 0.0757. The fraction of sp³-hybridized carbons (Fsp3) is 0.516. The van der Waals surface area contributed by atoms with Crippen molar-refractivity contribution >= 4 is 29.5 Å². The first-order chi connectivity index (χ1) is 22.8. The molecule has 10 atom stereocenters. The summed E-state index contributed by atoms with van der Waals surface area (Å²) in [5, 5.41) is 3.76. The molecule has 2 aromatic rings. The number of ether oxygens (including phenoxy) is 9. The zero-order valence-electron chi connectivity index (χ0n) is 25.5. The van der Waals surface area contributed by atoms with E-state index in [1.165, 1.54) is 6.92 Å². The van der Waals surface area contributed by atoms with E-state index in [9.17, 15) is 19.9 Å². The Kier molecular flexibility index (Phi) is 12.0. The predicted molar refractivity (Wildman–Crippen MR) is 159 cm³/mol. The van der Waals surface area contributed by atoms with Gasteiger partial charge in [0.05, 0.1) is 26.9 Å². The Morgan fingerprint density at radius 3 is 2.11 bits per heavy atom. The van der Waals surface area contributed by atoms with E-state index in [4.69, 9.17) is 54.2 Å². The highest BCUT2D eigenvalue weighted by Gasteiger charge is 2.58. The number of hydrogen-bond acceptors (Lipinski definition) is 13. The van der Waals surface area contributed by atoms with Gasteiger partial charge in [-0.3, -0.25) is 9.59 Å². The number of hydrogen-bond donors (Lipinski definition) is 0. The lowest BCUT2D eigenvalue weighted by Crippen LogP contribution is -2.65. The lowest BCUT2D eigenvalue weighted by atomic mass is 9.96. The molecule has 0 spiro atoms. The maximum Gasteiger partial charge on any atom is 0.339 e. The topological polar surface area (TPSA) is 183 Å². The summed E-state index contributed by atoms with van der Waals surface area (Å²) in [5.74, 6) is -2.92. The largest absolute Gasteiger partial charge is 0.467 e. The molecule has 3 fully saturated rings. The molecule has 3 saturated heterocycles. The van der Waals surface area contributed by atoms with E-state index in [0.29, 0.717) is 0 Å². The molecule has 15 nitrogen and oxygen atoms in total. The summed E-state index contributed by atoms with van der Waals surface area (Å²) in [6.07, 6.45) is -10.8. The van der Waals surface area contributed by atoms with Gasteiger partial charge in [0, 0.05) is 11.8 Å². The van der Waals surface area contributed by atoms with Gasteiger partial charge in [-0.1, -0.05) is 65.8 Å². The molecule has 5 rings (SSSR count). The second-order valence-electron chi connectivity index (χ2n) is 10.8. The standard InChI is InChI=1S/C31H34ClN3O12/c1-17(36)43-24-22(34-35-33)30-42-16-20(44-30)23(24)46-31-28(41-15-19-11-7-4-8-12-19)25(40-14-18-9-5-3-6-10-18)26(45-21(37)13-32)27(47-31)29(38)39-2/h3-12,20,22-28,30-31H,13-16H2,1-2H3/t20-,22-,23-,24-,25+,26+,27+,28-,30-,31-/m1/s1. The van der Waals surface area contributed by atoms with Crippen LogP contribution in [0.3, 0.4) is 0 Å². The molecule has 2 bridgehead atoms. The van der Waals surface area contributed by atoms with Crippen LogP contribution in [0, 0.1) is 0 Å². The molecule has 0 saturated carbocycles. The Balaban J connectivity index is 1.54. The Bertz CT molecular complexity index is 1410. The summed E-state index contributed by atoms with van der Waals surface area (Å²) in [6, 6.07) is 17.3. The van der Waals surface area contributed by atoms with Gasteiger partial charge in [-0.15, -0.1) is 11.6 Å². The van der Waals surface area contributed by atoms with Crippen LogP contribution in [0.1, 0.15) is 18.1 Å². The molecule has 0 unspecified atom stereocenters. The molecule has 0 radical (unpaired) electrons. The van der Waals surface area contributed by atoms with Crippen molar-refractivity contribution in [3.8, 4) is 0 Å². The van der Waals surface area contributed by atoms with Crippen molar-refractivity contribution in [3.05, 3.63) is 82.2 Å². The molecule has 47 heavy (non-hydrogen) atoms. The second kappa shape index (κ2) is 16.4. The average molecular weight is 676 g/mol. The van der Waals surface area contributed by atoms with Crippen LogP contribution in [0.4, 0.5) is 0 Å². The van der Waals surface area contributed by atoms with Crippen molar-refractivity contribution in [2.24, 2.45) is 5.11 Å². The van der Waals surface area contributed by atoms with Crippen LogP contribution in [0.2, 0.25) is 0 Å². The minimum absolute atomic E-state index is 0.0110. The van der Waals surface area contributed by atoms with Gasteiger partial charge in [-0.2, -0.15) is 0 Å². The van der Waals surface area contributed by atoms with Gasteiger partial charge in [-0.25, -0.2) is 4.79 Å². The second-order valence-corrected chi connectivity index (χ2v) is 11.1. The lowest BCUT2D eigenvalue weighted by molar-refractivity contribution is -0.339. The summed E-state index contributed by atoms with van der Waals surface area (Å²) in [4.78, 5) is 40.8. The Morgan fingerprint density at radius 1 is 0.894 bits per heavy atom. The Labute approximate surface area is 274 Å². The SMILES string of the molecule is COC(=O)[C@H]1O[C@@H](O[C@H]2[C@H](OC(C)=O)[C@@H](N=[N+]=[N-])[C@@H]3OC[C@H]2O3)[C@H](OCc2ccccc2)[C@@H](OCc2ccccc2)[C@@H]1OC(=O)CCl. The van der Waals surface area contributed by atoms with Crippen molar-refractivity contribution < 1.29 is 57.0 Å². The molecule has 0 aromatic heterocycles. The first-order valence-corrected chi connectivity index (χ1v) is 15.3. The van der Waals surface area contributed by atoms with Crippen molar-refractivity contribution in [3.63, 3.8) is 0 Å².